The average molecular weight is 357 g/mol. The lowest BCUT2D eigenvalue weighted by atomic mass is 10.1. The molecule has 0 fully saturated rings. The third kappa shape index (κ3) is 10.2. The molecule has 0 aromatic carbocycles. The summed E-state index contributed by atoms with van der Waals surface area (Å²) in [5.41, 5.74) is 9.35. The molecular weight excluding hydrogens is 320 g/mol. The smallest absolute Gasteiger partial charge is 0.0397 e. The summed E-state index contributed by atoms with van der Waals surface area (Å²) in [6, 6.07) is 0. The number of rotatable bonds is 6. The van der Waals surface area contributed by atoms with E-state index in [0.717, 1.165) is 63.3 Å². The van der Waals surface area contributed by atoms with E-state index in [9.17, 15) is 0 Å². The van der Waals surface area contributed by atoms with E-state index in [2.05, 4.69) is 53.0 Å². The number of nitrogens with two attached hydrogens (primary N) is 1. The number of hydrogen-bond acceptors (Lipinski definition) is 4. The Morgan fingerprint density at radius 3 is 2.92 bits per heavy atom. The Bertz CT molecular complexity index is 540. The van der Waals surface area contributed by atoms with Gasteiger partial charge in [0.15, 0.2) is 0 Å². The van der Waals surface area contributed by atoms with E-state index in [4.69, 9.17) is 5.73 Å². The summed E-state index contributed by atoms with van der Waals surface area (Å²) in [6.45, 7) is 13.4. The van der Waals surface area contributed by atoms with Crippen LogP contribution in [0.2, 0.25) is 0 Å². The van der Waals surface area contributed by atoms with E-state index in [1.165, 1.54) is 5.57 Å². The fraction of sp³-hybridized carbons (Fsp3) is 0.455. The fourth-order valence-electron chi connectivity index (χ4n) is 2.76. The van der Waals surface area contributed by atoms with Crippen molar-refractivity contribution in [2.75, 3.05) is 46.3 Å². The lowest BCUT2D eigenvalue weighted by molar-refractivity contribution is 0.276. The van der Waals surface area contributed by atoms with Crippen molar-refractivity contribution >= 4 is 0 Å². The van der Waals surface area contributed by atoms with E-state index in [0.29, 0.717) is 6.54 Å². The molecule has 0 unspecified atom stereocenters. The molecule has 0 atom stereocenters. The zero-order chi connectivity index (χ0) is 19.0. The molecule has 0 spiro atoms. The maximum atomic E-state index is 5.94. The lowest BCUT2D eigenvalue weighted by Gasteiger charge is -2.22. The molecular formula is C22H36N4. The highest BCUT2D eigenvalue weighted by molar-refractivity contribution is 5.34. The molecule has 0 amide bonds. The van der Waals surface area contributed by atoms with Gasteiger partial charge in [-0.2, -0.15) is 0 Å². The molecule has 1 rings (SSSR count). The summed E-state index contributed by atoms with van der Waals surface area (Å²) >= 11 is 0. The Morgan fingerprint density at radius 1 is 1.35 bits per heavy atom. The molecule has 0 saturated heterocycles. The number of hydrogen-bond donors (Lipinski definition) is 3. The van der Waals surface area contributed by atoms with Gasteiger partial charge in [0.2, 0.25) is 0 Å². The first-order chi connectivity index (χ1) is 12.7. The van der Waals surface area contributed by atoms with Crippen LogP contribution < -0.4 is 16.4 Å². The van der Waals surface area contributed by atoms with Crippen LogP contribution in [-0.4, -0.2) is 51.2 Å². The van der Waals surface area contributed by atoms with Crippen LogP contribution >= 0.6 is 0 Å². The molecule has 0 saturated carbocycles. The molecule has 0 aromatic rings. The number of likely N-dealkylation sites (N-methyl/N-ethyl adjacent to an activating group) is 1. The minimum absolute atomic E-state index is 0.531. The summed E-state index contributed by atoms with van der Waals surface area (Å²) in [5, 5.41) is 6.69. The molecule has 1 heterocycles. The van der Waals surface area contributed by atoms with Crippen molar-refractivity contribution in [3.8, 4) is 0 Å². The highest BCUT2D eigenvalue weighted by atomic mass is 15.1. The van der Waals surface area contributed by atoms with Crippen LogP contribution in [0.1, 0.15) is 19.3 Å². The van der Waals surface area contributed by atoms with Gasteiger partial charge in [0.1, 0.15) is 0 Å². The molecule has 0 radical (unpaired) electrons. The minimum Gasteiger partial charge on any atom is -0.385 e. The van der Waals surface area contributed by atoms with Crippen molar-refractivity contribution in [1.82, 2.24) is 15.5 Å². The topological polar surface area (TPSA) is 53.3 Å². The first-order valence-electron chi connectivity index (χ1n) is 9.53. The third-order valence-corrected chi connectivity index (χ3v) is 4.28. The van der Waals surface area contributed by atoms with Gasteiger partial charge >= 0.3 is 0 Å². The van der Waals surface area contributed by atoms with E-state index >= 15 is 0 Å². The van der Waals surface area contributed by atoms with E-state index < -0.39 is 0 Å². The van der Waals surface area contributed by atoms with Crippen LogP contribution in [0.4, 0.5) is 0 Å². The molecule has 1 aliphatic rings. The summed E-state index contributed by atoms with van der Waals surface area (Å²) < 4.78 is 0. The molecule has 26 heavy (non-hydrogen) atoms. The monoisotopic (exact) mass is 356 g/mol. The highest BCUT2D eigenvalue weighted by Crippen LogP contribution is 2.09. The number of nitrogens with zero attached hydrogens (tertiary/aromatic N) is 1. The molecule has 4 nitrogen and oxygen atoms in total. The Kier molecular flexibility index (Phi) is 12.2. The summed E-state index contributed by atoms with van der Waals surface area (Å²) in [7, 11) is 2.00. The van der Waals surface area contributed by atoms with Crippen molar-refractivity contribution in [1.29, 1.82) is 0 Å². The second-order valence-electron chi connectivity index (χ2n) is 6.48. The molecule has 144 valence electrons. The average Bonchev–Trinajstić information content (AvgIpc) is 2.64. The van der Waals surface area contributed by atoms with E-state index in [1.807, 2.05) is 19.2 Å². The molecule has 1 aliphatic heterocycles. The lowest BCUT2D eigenvalue weighted by Crippen LogP contribution is -2.32. The minimum atomic E-state index is 0.531. The molecule has 0 aromatic heterocycles. The van der Waals surface area contributed by atoms with Crippen molar-refractivity contribution < 1.29 is 0 Å². The maximum absolute atomic E-state index is 5.94. The Balaban J connectivity index is 2.90. The maximum Gasteiger partial charge on any atom is 0.0397 e. The molecule has 0 aliphatic carbocycles. The van der Waals surface area contributed by atoms with Crippen LogP contribution in [0.25, 0.3) is 0 Å². The predicted molar refractivity (Wildman–Crippen MR) is 115 cm³/mol. The molecule has 0 bridgehead atoms. The Morgan fingerprint density at radius 2 is 2.19 bits per heavy atom. The van der Waals surface area contributed by atoms with Crippen molar-refractivity contribution in [3.63, 3.8) is 0 Å². The second-order valence-corrected chi connectivity index (χ2v) is 6.48. The van der Waals surface area contributed by atoms with Crippen LogP contribution in [0, 0.1) is 0 Å². The number of allylic oxidation sites excluding steroid dienone is 5. The predicted octanol–water partition coefficient (Wildman–Crippen LogP) is 2.90. The first kappa shape index (κ1) is 22.2. The van der Waals surface area contributed by atoms with Gasteiger partial charge in [-0.25, -0.2) is 0 Å². The fourth-order valence-corrected chi connectivity index (χ4v) is 2.76. The van der Waals surface area contributed by atoms with Gasteiger partial charge in [-0.1, -0.05) is 55.7 Å². The van der Waals surface area contributed by atoms with Gasteiger partial charge in [-0.15, -0.1) is 0 Å². The SMILES string of the molecule is C=C\C=C/C=C1/C=C(CN)\C=C\CCN(CCNC)CCCC(=C)NC1. The molecule has 4 heteroatoms. The highest BCUT2D eigenvalue weighted by Gasteiger charge is 2.05. The van der Waals surface area contributed by atoms with Gasteiger partial charge in [0.25, 0.3) is 0 Å². The van der Waals surface area contributed by atoms with Crippen LogP contribution in [0.5, 0.6) is 0 Å². The van der Waals surface area contributed by atoms with Gasteiger partial charge in [-0.05, 0) is 44.0 Å². The second kappa shape index (κ2) is 14.3. The van der Waals surface area contributed by atoms with Gasteiger partial charge in [0, 0.05) is 38.4 Å². The Labute approximate surface area is 159 Å². The largest absolute Gasteiger partial charge is 0.385 e. The summed E-state index contributed by atoms with van der Waals surface area (Å²) in [5.74, 6) is 0. The first-order valence-corrected chi connectivity index (χ1v) is 9.53. The van der Waals surface area contributed by atoms with E-state index in [1.54, 1.807) is 6.08 Å². The quantitative estimate of drug-likeness (QED) is 0.641. The van der Waals surface area contributed by atoms with Crippen molar-refractivity contribution in [3.05, 3.63) is 72.5 Å². The van der Waals surface area contributed by atoms with Crippen LogP contribution in [0.3, 0.4) is 0 Å². The normalized spacial score (nSPS) is 23.2. The van der Waals surface area contributed by atoms with Crippen molar-refractivity contribution in [2.24, 2.45) is 5.73 Å². The number of nitrogens with one attached hydrogen (secondary N) is 2. The zero-order valence-corrected chi connectivity index (χ0v) is 16.3. The molecule has 4 N–H and O–H groups in total. The summed E-state index contributed by atoms with van der Waals surface area (Å²) in [4.78, 5) is 2.51. The van der Waals surface area contributed by atoms with Gasteiger partial charge < -0.3 is 21.3 Å². The van der Waals surface area contributed by atoms with Crippen molar-refractivity contribution in [2.45, 2.75) is 19.3 Å². The standard InChI is InChI=1S/C22H36N4/c1-4-5-6-12-22-17-21(18-23)11-7-8-14-26(16-13-24-3)15-9-10-20(2)25-19-22/h4-7,11-12,17,24-25H,1-2,8-10,13-16,18-19,23H2,3H3/b6-5-,11-7+,21-17+,22-12-. The van der Waals surface area contributed by atoms with Gasteiger partial charge in [-0.3, -0.25) is 0 Å². The Hall–Kier alpha value is -1.88. The third-order valence-electron chi connectivity index (χ3n) is 4.28. The van der Waals surface area contributed by atoms with E-state index in [-0.39, 0.29) is 0 Å². The van der Waals surface area contributed by atoms with Gasteiger partial charge in [0.05, 0.1) is 0 Å². The zero-order valence-electron chi connectivity index (χ0n) is 16.3. The summed E-state index contributed by atoms with van der Waals surface area (Å²) in [6.07, 6.45) is 17.5. The van der Waals surface area contributed by atoms with Crippen LogP contribution in [-0.2, 0) is 0 Å². The van der Waals surface area contributed by atoms with Crippen LogP contribution in [0.15, 0.2) is 72.5 Å².